The molecule has 1 fully saturated rings. The maximum absolute atomic E-state index is 13.1. The molecule has 2 aromatic rings. The second kappa shape index (κ2) is 9.51. The van der Waals surface area contributed by atoms with E-state index >= 15 is 0 Å². The van der Waals surface area contributed by atoms with Crippen LogP contribution in [0, 0.1) is 5.82 Å². The van der Waals surface area contributed by atoms with Crippen LogP contribution in [0.5, 0.6) is 0 Å². The molecule has 0 aromatic heterocycles. The fraction of sp³-hybridized carbons (Fsp3) is 0.409. The number of rotatable bonds is 7. The molecule has 0 radical (unpaired) electrons. The van der Waals surface area contributed by atoms with Crippen molar-refractivity contribution in [1.29, 1.82) is 0 Å². The smallest absolute Gasteiger partial charge is 0.227 e. The highest BCUT2D eigenvalue weighted by Gasteiger charge is 2.20. The number of nitrogens with zero attached hydrogens (tertiary/aromatic N) is 2. The zero-order valence-corrected chi connectivity index (χ0v) is 15.9. The van der Waals surface area contributed by atoms with Crippen molar-refractivity contribution in [3.05, 3.63) is 66.0 Å². The van der Waals surface area contributed by atoms with Gasteiger partial charge in [0.25, 0.3) is 0 Å². The topological polar surface area (TPSA) is 35.6 Å². The van der Waals surface area contributed by atoms with E-state index in [1.807, 2.05) is 49.4 Å². The van der Waals surface area contributed by atoms with E-state index < -0.39 is 0 Å². The summed E-state index contributed by atoms with van der Waals surface area (Å²) in [5.41, 5.74) is 2.14. The minimum Gasteiger partial charge on any atom is -0.369 e. The molecule has 3 rings (SSSR count). The monoisotopic (exact) mass is 369 g/mol. The number of amides is 1. The van der Waals surface area contributed by atoms with Crippen molar-refractivity contribution in [3.63, 3.8) is 0 Å². The maximum Gasteiger partial charge on any atom is 0.227 e. The zero-order chi connectivity index (χ0) is 19.1. The van der Waals surface area contributed by atoms with Gasteiger partial charge in [-0.25, -0.2) is 4.39 Å². The van der Waals surface area contributed by atoms with Crippen molar-refractivity contribution in [1.82, 2.24) is 10.2 Å². The molecule has 144 valence electrons. The highest BCUT2D eigenvalue weighted by molar-refractivity contribution is 5.83. The van der Waals surface area contributed by atoms with Crippen LogP contribution in [0.15, 0.2) is 54.6 Å². The molecule has 4 nitrogen and oxygen atoms in total. The summed E-state index contributed by atoms with van der Waals surface area (Å²) in [6.07, 6.45) is 0.798. The summed E-state index contributed by atoms with van der Waals surface area (Å²) in [6.45, 7) is 7.30. The molecule has 1 aliphatic heterocycles. The van der Waals surface area contributed by atoms with Gasteiger partial charge in [0, 0.05) is 45.0 Å². The summed E-state index contributed by atoms with van der Waals surface area (Å²) < 4.78 is 13.1. The molecule has 5 heteroatoms. The average Bonchev–Trinajstić information content (AvgIpc) is 2.71. The van der Waals surface area contributed by atoms with Crippen LogP contribution in [-0.4, -0.2) is 50.1 Å². The molecule has 1 unspecified atom stereocenters. The van der Waals surface area contributed by atoms with Crippen LogP contribution >= 0.6 is 0 Å². The lowest BCUT2D eigenvalue weighted by molar-refractivity contribution is -0.122. The lowest BCUT2D eigenvalue weighted by atomic mass is 9.96. The molecule has 0 aliphatic carbocycles. The number of carbonyl (C=O) groups excluding carboxylic acids is 1. The molecule has 1 N–H and O–H groups in total. The third kappa shape index (κ3) is 5.30. The van der Waals surface area contributed by atoms with E-state index in [4.69, 9.17) is 0 Å². The summed E-state index contributed by atoms with van der Waals surface area (Å²) in [5, 5.41) is 3.09. The number of hydrogen-bond donors (Lipinski definition) is 1. The van der Waals surface area contributed by atoms with Gasteiger partial charge in [-0.1, -0.05) is 37.3 Å². The van der Waals surface area contributed by atoms with Gasteiger partial charge in [0.15, 0.2) is 0 Å². The SMILES string of the molecule is CCC(C(=O)NCCN1CCN(c2ccc(F)cc2)CC1)c1ccccc1. The predicted molar refractivity (Wildman–Crippen MR) is 108 cm³/mol. The molecule has 0 bridgehead atoms. The summed E-state index contributed by atoms with van der Waals surface area (Å²) in [6, 6.07) is 16.6. The Morgan fingerprint density at radius 3 is 2.33 bits per heavy atom. The van der Waals surface area contributed by atoms with Crippen molar-refractivity contribution < 1.29 is 9.18 Å². The van der Waals surface area contributed by atoms with Gasteiger partial charge in [-0.3, -0.25) is 9.69 Å². The number of hydrogen-bond acceptors (Lipinski definition) is 3. The number of halogens is 1. The molecule has 0 spiro atoms. The molecule has 0 saturated carbocycles. The second-order valence-corrected chi connectivity index (χ2v) is 6.97. The van der Waals surface area contributed by atoms with Gasteiger partial charge >= 0.3 is 0 Å². The number of piperazine rings is 1. The van der Waals surface area contributed by atoms with Crippen LogP contribution < -0.4 is 10.2 Å². The van der Waals surface area contributed by atoms with Crippen molar-refractivity contribution in [2.75, 3.05) is 44.2 Å². The van der Waals surface area contributed by atoms with Crippen LogP contribution in [-0.2, 0) is 4.79 Å². The lowest BCUT2D eigenvalue weighted by Crippen LogP contribution is -2.48. The molecule has 1 aliphatic rings. The standard InChI is InChI=1S/C22H28FN3O/c1-2-21(18-6-4-3-5-7-18)22(27)24-12-13-25-14-16-26(17-15-25)20-10-8-19(23)9-11-20/h3-11,21H,2,12-17H2,1H3,(H,24,27). The first-order valence-electron chi connectivity index (χ1n) is 9.73. The maximum atomic E-state index is 13.1. The Morgan fingerprint density at radius 2 is 1.70 bits per heavy atom. The Bertz CT molecular complexity index is 712. The molecule has 27 heavy (non-hydrogen) atoms. The number of carbonyl (C=O) groups is 1. The molecular weight excluding hydrogens is 341 g/mol. The summed E-state index contributed by atoms with van der Waals surface area (Å²) in [4.78, 5) is 17.2. The fourth-order valence-electron chi connectivity index (χ4n) is 3.60. The van der Waals surface area contributed by atoms with Gasteiger partial charge in [0.1, 0.15) is 5.82 Å². The van der Waals surface area contributed by atoms with Crippen molar-refractivity contribution in [3.8, 4) is 0 Å². The van der Waals surface area contributed by atoms with Crippen LogP contribution in [0.25, 0.3) is 0 Å². The van der Waals surface area contributed by atoms with E-state index in [9.17, 15) is 9.18 Å². The quantitative estimate of drug-likeness (QED) is 0.814. The lowest BCUT2D eigenvalue weighted by Gasteiger charge is -2.36. The van der Waals surface area contributed by atoms with E-state index in [1.165, 1.54) is 12.1 Å². The summed E-state index contributed by atoms with van der Waals surface area (Å²) >= 11 is 0. The first-order valence-corrected chi connectivity index (χ1v) is 9.73. The molecule has 1 atom stereocenters. The number of benzene rings is 2. The Labute approximate surface area is 161 Å². The highest BCUT2D eigenvalue weighted by atomic mass is 19.1. The third-order valence-corrected chi connectivity index (χ3v) is 5.22. The van der Waals surface area contributed by atoms with Gasteiger partial charge in [-0.15, -0.1) is 0 Å². The highest BCUT2D eigenvalue weighted by Crippen LogP contribution is 2.19. The van der Waals surface area contributed by atoms with Crippen LogP contribution in [0.1, 0.15) is 24.8 Å². The second-order valence-electron chi connectivity index (χ2n) is 6.97. The summed E-state index contributed by atoms with van der Waals surface area (Å²) in [5.74, 6) is -0.177. The normalized spacial score (nSPS) is 16.1. The molecular formula is C22H28FN3O. The fourth-order valence-corrected chi connectivity index (χ4v) is 3.60. The van der Waals surface area contributed by atoms with Gasteiger partial charge in [-0.2, -0.15) is 0 Å². The van der Waals surface area contributed by atoms with Gasteiger partial charge in [0.05, 0.1) is 5.92 Å². The van der Waals surface area contributed by atoms with E-state index in [0.717, 1.165) is 50.4 Å². The molecule has 1 amide bonds. The third-order valence-electron chi connectivity index (χ3n) is 5.22. The largest absolute Gasteiger partial charge is 0.369 e. The Morgan fingerprint density at radius 1 is 1.04 bits per heavy atom. The molecule has 1 heterocycles. The van der Waals surface area contributed by atoms with E-state index in [-0.39, 0.29) is 17.6 Å². The van der Waals surface area contributed by atoms with Crippen LogP contribution in [0.3, 0.4) is 0 Å². The van der Waals surface area contributed by atoms with Gasteiger partial charge in [-0.05, 0) is 36.2 Å². The van der Waals surface area contributed by atoms with Crippen molar-refractivity contribution >= 4 is 11.6 Å². The predicted octanol–water partition coefficient (Wildman–Crippen LogP) is 3.26. The van der Waals surface area contributed by atoms with Crippen molar-refractivity contribution in [2.24, 2.45) is 0 Å². The van der Waals surface area contributed by atoms with Crippen LogP contribution in [0.2, 0.25) is 0 Å². The summed E-state index contributed by atoms with van der Waals surface area (Å²) in [7, 11) is 0. The molecule has 2 aromatic carbocycles. The van der Waals surface area contributed by atoms with Crippen molar-refractivity contribution in [2.45, 2.75) is 19.3 Å². The Kier molecular flexibility index (Phi) is 6.82. The van der Waals surface area contributed by atoms with Gasteiger partial charge < -0.3 is 10.2 Å². The average molecular weight is 369 g/mol. The number of nitrogens with one attached hydrogen (secondary N) is 1. The Hall–Kier alpha value is -2.40. The van der Waals surface area contributed by atoms with Crippen LogP contribution in [0.4, 0.5) is 10.1 Å². The van der Waals surface area contributed by atoms with E-state index in [1.54, 1.807) is 0 Å². The minimum atomic E-state index is -0.200. The zero-order valence-electron chi connectivity index (χ0n) is 15.9. The van der Waals surface area contributed by atoms with Gasteiger partial charge in [0.2, 0.25) is 5.91 Å². The molecule has 1 saturated heterocycles. The minimum absolute atomic E-state index is 0.0819. The Balaban J connectivity index is 1.41. The van der Waals surface area contributed by atoms with E-state index in [0.29, 0.717) is 6.54 Å². The first-order chi connectivity index (χ1) is 13.2. The first kappa shape index (κ1) is 19.4. The number of anilines is 1. The van der Waals surface area contributed by atoms with E-state index in [2.05, 4.69) is 15.1 Å².